The van der Waals surface area contributed by atoms with Crippen molar-refractivity contribution in [3.05, 3.63) is 22.8 Å². The van der Waals surface area contributed by atoms with Crippen molar-refractivity contribution in [2.45, 2.75) is 26.4 Å². The Balaban J connectivity index is 2.21. The molecule has 1 fully saturated rings. The maximum Gasteiger partial charge on any atom is 0.429 e. The van der Waals surface area contributed by atoms with Crippen molar-refractivity contribution in [3.8, 4) is 0 Å². The lowest BCUT2D eigenvalue weighted by molar-refractivity contribution is 0.0238. The molecule has 1 N–H and O–H groups in total. The van der Waals surface area contributed by atoms with Crippen LogP contribution in [-0.4, -0.2) is 47.9 Å². The number of pyridine rings is 1. The molecule has 0 aliphatic carbocycles. The molecule has 0 atom stereocenters. The molecule has 1 saturated heterocycles. The van der Waals surface area contributed by atoms with E-state index in [1.807, 2.05) is 37.9 Å². The highest BCUT2D eigenvalue weighted by atomic mass is 79.9. The molecule has 21 heavy (non-hydrogen) atoms. The van der Waals surface area contributed by atoms with E-state index in [9.17, 15) is 4.79 Å². The summed E-state index contributed by atoms with van der Waals surface area (Å²) in [5.74, 6) is 0.729. The zero-order valence-electron chi connectivity index (χ0n) is 12.6. The van der Waals surface area contributed by atoms with Gasteiger partial charge in [-0.05, 0) is 48.8 Å². The van der Waals surface area contributed by atoms with Gasteiger partial charge in [-0.3, -0.25) is 5.01 Å². The van der Waals surface area contributed by atoms with E-state index in [0.29, 0.717) is 13.1 Å². The highest BCUT2D eigenvalue weighted by Gasteiger charge is 2.28. The van der Waals surface area contributed by atoms with E-state index in [2.05, 4.69) is 26.2 Å². The summed E-state index contributed by atoms with van der Waals surface area (Å²) in [5.41, 5.74) is -0.518. The lowest BCUT2D eigenvalue weighted by atomic mass is 10.2. The number of carbonyl (C=O) groups excluding carboxylic acids is 1. The van der Waals surface area contributed by atoms with Crippen molar-refractivity contribution >= 4 is 27.8 Å². The summed E-state index contributed by atoms with van der Waals surface area (Å²) >= 11 is 3.37. The quantitative estimate of drug-likeness (QED) is 0.837. The van der Waals surface area contributed by atoms with E-state index < -0.39 is 5.60 Å². The van der Waals surface area contributed by atoms with Gasteiger partial charge in [-0.2, -0.15) is 0 Å². The standard InChI is InChI=1S/C14H21BrN4O2/c1-14(2,3)21-13(20)19-9-7-16-6-8-18(19)12-5-4-11(15)10-17-12/h4-5,10,16H,6-9H2,1-3H3. The van der Waals surface area contributed by atoms with Crippen LogP contribution in [0.4, 0.5) is 10.6 Å². The highest BCUT2D eigenvalue weighted by Crippen LogP contribution is 2.19. The molecular formula is C14H21BrN4O2. The molecule has 1 aromatic rings. The first kappa shape index (κ1) is 16.0. The van der Waals surface area contributed by atoms with E-state index >= 15 is 0 Å². The zero-order valence-corrected chi connectivity index (χ0v) is 14.2. The summed E-state index contributed by atoms with van der Waals surface area (Å²) in [4.78, 5) is 16.8. The summed E-state index contributed by atoms with van der Waals surface area (Å²) in [6.07, 6.45) is 1.37. The fourth-order valence-electron chi connectivity index (χ4n) is 2.00. The van der Waals surface area contributed by atoms with Crippen molar-refractivity contribution in [1.82, 2.24) is 15.3 Å². The summed E-state index contributed by atoms with van der Waals surface area (Å²) < 4.78 is 6.39. The van der Waals surface area contributed by atoms with Crippen LogP contribution in [0.5, 0.6) is 0 Å². The van der Waals surface area contributed by atoms with Crippen molar-refractivity contribution in [2.24, 2.45) is 0 Å². The van der Waals surface area contributed by atoms with Gasteiger partial charge in [0.05, 0.1) is 13.1 Å². The van der Waals surface area contributed by atoms with Crippen LogP contribution in [0, 0.1) is 0 Å². The molecule has 6 nitrogen and oxygen atoms in total. The molecular weight excluding hydrogens is 336 g/mol. The number of halogens is 1. The molecule has 0 aromatic carbocycles. The van der Waals surface area contributed by atoms with Crippen molar-refractivity contribution < 1.29 is 9.53 Å². The fraction of sp³-hybridized carbons (Fsp3) is 0.571. The second kappa shape index (κ2) is 6.62. The largest absolute Gasteiger partial charge is 0.442 e. The van der Waals surface area contributed by atoms with Crippen LogP contribution in [0.2, 0.25) is 0 Å². The first-order chi connectivity index (χ1) is 9.87. The van der Waals surface area contributed by atoms with Gasteiger partial charge in [0.15, 0.2) is 0 Å². The molecule has 0 bridgehead atoms. The summed E-state index contributed by atoms with van der Waals surface area (Å²) in [6, 6.07) is 3.79. The Morgan fingerprint density at radius 2 is 2.05 bits per heavy atom. The molecule has 0 unspecified atom stereocenters. The van der Waals surface area contributed by atoms with E-state index in [-0.39, 0.29) is 6.09 Å². The second-order valence-electron chi connectivity index (χ2n) is 5.81. The van der Waals surface area contributed by atoms with Crippen LogP contribution < -0.4 is 10.3 Å². The predicted molar refractivity (Wildman–Crippen MR) is 85.1 cm³/mol. The van der Waals surface area contributed by atoms with Gasteiger partial charge < -0.3 is 10.1 Å². The third kappa shape index (κ3) is 4.57. The van der Waals surface area contributed by atoms with E-state index in [1.165, 1.54) is 0 Å². The first-order valence-corrected chi connectivity index (χ1v) is 7.76. The lowest BCUT2D eigenvalue weighted by Crippen LogP contribution is -2.49. The smallest absolute Gasteiger partial charge is 0.429 e. The number of anilines is 1. The number of hydrazine groups is 1. The highest BCUT2D eigenvalue weighted by molar-refractivity contribution is 9.10. The topological polar surface area (TPSA) is 57.7 Å². The number of hydrogen-bond acceptors (Lipinski definition) is 5. The molecule has 116 valence electrons. The Labute approximate surface area is 133 Å². The van der Waals surface area contributed by atoms with Crippen LogP contribution in [-0.2, 0) is 4.74 Å². The van der Waals surface area contributed by atoms with Crippen molar-refractivity contribution in [1.29, 1.82) is 0 Å². The van der Waals surface area contributed by atoms with Crippen LogP contribution >= 0.6 is 15.9 Å². The van der Waals surface area contributed by atoms with E-state index in [1.54, 1.807) is 11.2 Å². The van der Waals surface area contributed by atoms with Gasteiger partial charge >= 0.3 is 6.09 Å². The molecule has 7 heteroatoms. The lowest BCUT2D eigenvalue weighted by Gasteiger charge is -2.34. The zero-order chi connectivity index (χ0) is 15.5. The second-order valence-corrected chi connectivity index (χ2v) is 6.73. The molecule has 0 spiro atoms. The maximum absolute atomic E-state index is 12.4. The minimum absolute atomic E-state index is 0.351. The Morgan fingerprint density at radius 1 is 1.33 bits per heavy atom. The van der Waals surface area contributed by atoms with Crippen LogP contribution in [0.25, 0.3) is 0 Å². The van der Waals surface area contributed by atoms with Gasteiger partial charge in [0, 0.05) is 23.8 Å². The Bertz CT molecular complexity index is 487. The van der Waals surface area contributed by atoms with E-state index in [0.717, 1.165) is 23.4 Å². The van der Waals surface area contributed by atoms with Gasteiger partial charge in [-0.25, -0.2) is 14.8 Å². The molecule has 2 heterocycles. The monoisotopic (exact) mass is 356 g/mol. The number of carbonyl (C=O) groups is 1. The number of amides is 1. The average Bonchev–Trinajstić information content (AvgIpc) is 2.63. The van der Waals surface area contributed by atoms with Gasteiger partial charge in [-0.1, -0.05) is 0 Å². The number of nitrogens with zero attached hydrogens (tertiary/aromatic N) is 3. The minimum atomic E-state index is -0.518. The van der Waals surface area contributed by atoms with Crippen LogP contribution in [0.1, 0.15) is 20.8 Å². The van der Waals surface area contributed by atoms with E-state index in [4.69, 9.17) is 4.74 Å². The molecule has 1 amide bonds. The SMILES string of the molecule is CC(C)(C)OC(=O)N1CCNCCN1c1ccc(Br)cn1. The molecule has 0 saturated carbocycles. The number of ether oxygens (including phenoxy) is 1. The van der Waals surface area contributed by atoms with Gasteiger partial charge in [0.1, 0.15) is 11.4 Å². The van der Waals surface area contributed by atoms with Crippen LogP contribution in [0.3, 0.4) is 0 Å². The summed E-state index contributed by atoms with van der Waals surface area (Å²) in [6.45, 7) is 8.32. The molecule has 0 radical (unpaired) electrons. The summed E-state index contributed by atoms with van der Waals surface area (Å²) in [5, 5.41) is 6.75. The summed E-state index contributed by atoms with van der Waals surface area (Å²) in [7, 11) is 0. The minimum Gasteiger partial charge on any atom is -0.442 e. The van der Waals surface area contributed by atoms with Crippen molar-refractivity contribution in [2.75, 3.05) is 31.2 Å². The third-order valence-corrected chi connectivity index (χ3v) is 3.34. The average molecular weight is 357 g/mol. The normalized spacial score (nSPS) is 16.6. The van der Waals surface area contributed by atoms with Gasteiger partial charge in [0.25, 0.3) is 0 Å². The Morgan fingerprint density at radius 3 is 2.67 bits per heavy atom. The van der Waals surface area contributed by atoms with Gasteiger partial charge in [-0.15, -0.1) is 0 Å². The Kier molecular flexibility index (Phi) is 5.05. The number of nitrogens with one attached hydrogen (secondary N) is 1. The van der Waals surface area contributed by atoms with Crippen molar-refractivity contribution in [3.63, 3.8) is 0 Å². The fourth-order valence-corrected chi connectivity index (χ4v) is 2.23. The molecule has 1 aliphatic heterocycles. The third-order valence-electron chi connectivity index (χ3n) is 2.87. The predicted octanol–water partition coefficient (Wildman–Crippen LogP) is 2.41. The Hall–Kier alpha value is -1.34. The van der Waals surface area contributed by atoms with Crippen LogP contribution in [0.15, 0.2) is 22.8 Å². The number of hydrogen-bond donors (Lipinski definition) is 1. The molecule has 1 aromatic heterocycles. The first-order valence-electron chi connectivity index (χ1n) is 6.97. The van der Waals surface area contributed by atoms with Gasteiger partial charge in [0.2, 0.25) is 0 Å². The number of aromatic nitrogens is 1. The maximum atomic E-state index is 12.4. The molecule has 1 aliphatic rings. The number of rotatable bonds is 1. The molecule has 2 rings (SSSR count).